The largest absolute Gasteiger partial charge is 0.391 e. The van der Waals surface area contributed by atoms with E-state index >= 15 is 0 Å². The van der Waals surface area contributed by atoms with Crippen molar-refractivity contribution in [2.45, 2.75) is 113 Å². The minimum absolute atomic E-state index is 0.0117. The van der Waals surface area contributed by atoms with Crippen LogP contribution in [0.2, 0.25) is 0 Å². The second kappa shape index (κ2) is 11.2. The molecule has 1 amide bonds. The van der Waals surface area contributed by atoms with Crippen LogP contribution in [-0.2, 0) is 19.6 Å². The Balaban J connectivity index is 1.53. The molecule has 6 nitrogen and oxygen atoms in total. The maximum absolute atomic E-state index is 13.1. The highest BCUT2D eigenvalue weighted by atomic mass is 32.2. The van der Waals surface area contributed by atoms with Gasteiger partial charge >= 0.3 is 12.8 Å². The molecule has 0 aliphatic heterocycles. The zero-order valence-electron chi connectivity index (χ0n) is 18.5. The van der Waals surface area contributed by atoms with Gasteiger partial charge in [-0.2, -0.15) is 22.0 Å². The summed E-state index contributed by atoms with van der Waals surface area (Å²) in [5.41, 5.74) is 0. The average molecular weight is 505 g/mol. The molecule has 0 aromatic rings. The molecule has 192 valence electrons. The highest BCUT2D eigenvalue weighted by Gasteiger charge is 2.44. The van der Waals surface area contributed by atoms with Crippen LogP contribution in [0, 0.1) is 11.8 Å². The highest BCUT2D eigenvalue weighted by Crippen LogP contribution is 2.38. The van der Waals surface area contributed by atoms with Gasteiger partial charge in [-0.3, -0.25) is 4.79 Å². The van der Waals surface area contributed by atoms with Crippen molar-refractivity contribution in [3.05, 3.63) is 0 Å². The Morgan fingerprint density at radius 1 is 0.879 bits per heavy atom. The average Bonchev–Trinajstić information content (AvgIpc) is 2.73. The Labute approximate surface area is 191 Å². The third-order valence-corrected chi connectivity index (χ3v) is 9.14. The molecule has 0 aromatic heterocycles. The Morgan fingerprint density at radius 3 is 2.24 bits per heavy atom. The molecular weight excluding hydrogens is 471 g/mol. The summed E-state index contributed by atoms with van der Waals surface area (Å²) in [7, 11) is -3.87. The lowest BCUT2D eigenvalue weighted by molar-refractivity contribution is -0.183. The first kappa shape index (κ1) is 26.6. The number of hydrogen-bond acceptors (Lipinski definition) is 4. The molecular formula is C21H33F5N2O4S. The van der Waals surface area contributed by atoms with Crippen molar-refractivity contribution in [2.24, 2.45) is 11.8 Å². The molecule has 3 aliphatic carbocycles. The Hall–Kier alpha value is -1.01. The maximum Gasteiger partial charge on any atom is 0.391 e. The minimum Gasteiger partial charge on any atom is -0.353 e. The third kappa shape index (κ3) is 7.74. The first-order valence-electron chi connectivity index (χ1n) is 11.8. The SMILES string of the molecule is O=C(NC1CCCC(OC(F)F)C1)C1CCCC(S(=O)(=O)NC2CCCC(C(F)(F)F)C2)C1. The van der Waals surface area contributed by atoms with Gasteiger partial charge in [-0.25, -0.2) is 13.1 Å². The van der Waals surface area contributed by atoms with E-state index in [2.05, 4.69) is 14.8 Å². The molecule has 3 saturated carbocycles. The topological polar surface area (TPSA) is 84.5 Å². The van der Waals surface area contributed by atoms with Crippen molar-refractivity contribution in [1.82, 2.24) is 10.0 Å². The van der Waals surface area contributed by atoms with Gasteiger partial charge in [0.15, 0.2) is 0 Å². The van der Waals surface area contributed by atoms with Crippen molar-refractivity contribution in [3.63, 3.8) is 0 Å². The number of carbonyl (C=O) groups excluding carboxylic acids is 1. The van der Waals surface area contributed by atoms with Gasteiger partial charge in [0.2, 0.25) is 15.9 Å². The fraction of sp³-hybridized carbons (Fsp3) is 0.952. The number of sulfonamides is 1. The standard InChI is InChI=1S/C21H33F5N2O4S/c22-20(23)32-17-8-3-6-15(12-17)27-19(29)13-4-1-9-18(10-13)33(30,31)28-16-7-2-5-14(11-16)21(24,25)26/h13-18,20,28H,1-12H2,(H,27,29). The molecule has 12 heteroatoms. The lowest BCUT2D eigenvalue weighted by Crippen LogP contribution is -2.48. The van der Waals surface area contributed by atoms with E-state index in [9.17, 15) is 35.2 Å². The van der Waals surface area contributed by atoms with Crippen LogP contribution in [0.1, 0.15) is 77.0 Å². The van der Waals surface area contributed by atoms with E-state index in [1.165, 1.54) is 0 Å². The summed E-state index contributed by atoms with van der Waals surface area (Å²) >= 11 is 0. The molecule has 3 fully saturated rings. The van der Waals surface area contributed by atoms with Crippen LogP contribution in [0.3, 0.4) is 0 Å². The summed E-state index contributed by atoms with van der Waals surface area (Å²) in [4.78, 5) is 12.8. The number of amides is 1. The minimum atomic E-state index is -4.34. The Bertz CT molecular complexity index is 764. The van der Waals surface area contributed by atoms with Crippen LogP contribution in [0.25, 0.3) is 0 Å². The molecule has 3 rings (SSSR count). The predicted molar refractivity (Wildman–Crippen MR) is 111 cm³/mol. The number of hydrogen-bond donors (Lipinski definition) is 2. The summed E-state index contributed by atoms with van der Waals surface area (Å²) in [6.45, 7) is -2.86. The van der Waals surface area contributed by atoms with E-state index in [4.69, 9.17) is 0 Å². The lowest BCUT2D eigenvalue weighted by Gasteiger charge is -2.34. The second-order valence-electron chi connectivity index (χ2n) is 9.64. The van der Waals surface area contributed by atoms with Gasteiger partial charge in [-0.15, -0.1) is 0 Å². The van der Waals surface area contributed by atoms with Crippen LogP contribution in [-0.4, -0.2) is 50.6 Å². The van der Waals surface area contributed by atoms with Crippen LogP contribution < -0.4 is 10.0 Å². The maximum atomic E-state index is 13.1. The van der Waals surface area contributed by atoms with Crippen molar-refractivity contribution < 1.29 is 39.9 Å². The van der Waals surface area contributed by atoms with E-state index in [1.54, 1.807) is 0 Å². The van der Waals surface area contributed by atoms with E-state index in [0.717, 1.165) is 0 Å². The van der Waals surface area contributed by atoms with E-state index in [-0.39, 0.29) is 37.6 Å². The van der Waals surface area contributed by atoms with Gasteiger partial charge in [-0.1, -0.05) is 12.8 Å². The van der Waals surface area contributed by atoms with Crippen LogP contribution in [0.15, 0.2) is 0 Å². The van der Waals surface area contributed by atoms with Gasteiger partial charge in [-0.05, 0) is 64.2 Å². The zero-order chi connectivity index (χ0) is 24.2. The van der Waals surface area contributed by atoms with Crippen molar-refractivity contribution in [2.75, 3.05) is 0 Å². The molecule has 6 atom stereocenters. The molecule has 0 saturated heterocycles. The van der Waals surface area contributed by atoms with Crippen molar-refractivity contribution in [1.29, 1.82) is 0 Å². The first-order valence-corrected chi connectivity index (χ1v) is 13.3. The summed E-state index contributed by atoms with van der Waals surface area (Å²) in [6, 6.07) is -1.05. The van der Waals surface area contributed by atoms with E-state index in [1.807, 2.05) is 0 Å². The highest BCUT2D eigenvalue weighted by molar-refractivity contribution is 7.90. The molecule has 33 heavy (non-hydrogen) atoms. The number of ether oxygens (including phenoxy) is 1. The first-order chi connectivity index (χ1) is 15.4. The fourth-order valence-corrected chi connectivity index (χ4v) is 7.29. The second-order valence-corrected chi connectivity index (χ2v) is 11.6. The number of alkyl halides is 5. The van der Waals surface area contributed by atoms with Crippen LogP contribution in [0.4, 0.5) is 22.0 Å². The number of rotatable bonds is 7. The van der Waals surface area contributed by atoms with Crippen LogP contribution in [0.5, 0.6) is 0 Å². The molecule has 3 aliphatic rings. The van der Waals surface area contributed by atoms with E-state index in [0.29, 0.717) is 51.4 Å². The summed E-state index contributed by atoms with van der Waals surface area (Å²) in [5.74, 6) is -2.34. The molecule has 6 unspecified atom stereocenters. The summed E-state index contributed by atoms with van der Waals surface area (Å²) < 4.78 is 97.0. The van der Waals surface area contributed by atoms with Gasteiger partial charge in [0.05, 0.1) is 17.3 Å². The Kier molecular flexibility index (Phi) is 8.99. The molecule has 0 spiro atoms. The smallest absolute Gasteiger partial charge is 0.353 e. The van der Waals surface area contributed by atoms with Gasteiger partial charge in [0.1, 0.15) is 0 Å². The molecule has 2 N–H and O–H groups in total. The molecule has 0 radical (unpaired) electrons. The third-order valence-electron chi connectivity index (χ3n) is 7.17. The van der Waals surface area contributed by atoms with Gasteiger partial charge in [0, 0.05) is 18.0 Å². The summed E-state index contributed by atoms with van der Waals surface area (Å²) in [5, 5.41) is 2.03. The van der Waals surface area contributed by atoms with Gasteiger partial charge in [0.25, 0.3) is 0 Å². The Morgan fingerprint density at radius 2 is 1.55 bits per heavy atom. The number of carbonyl (C=O) groups is 1. The monoisotopic (exact) mass is 504 g/mol. The lowest BCUT2D eigenvalue weighted by atomic mass is 9.86. The molecule has 0 heterocycles. The quantitative estimate of drug-likeness (QED) is 0.508. The predicted octanol–water partition coefficient (Wildman–Crippen LogP) is 4.25. The fourth-order valence-electron chi connectivity index (χ4n) is 5.45. The summed E-state index contributed by atoms with van der Waals surface area (Å²) in [6.07, 6.45) is -0.972. The normalized spacial score (nSPS) is 34.2. The molecule has 0 bridgehead atoms. The number of halogens is 5. The molecule has 0 aromatic carbocycles. The van der Waals surface area contributed by atoms with Crippen LogP contribution >= 0.6 is 0 Å². The van der Waals surface area contributed by atoms with Crippen molar-refractivity contribution >= 4 is 15.9 Å². The number of nitrogens with one attached hydrogen (secondary N) is 2. The van der Waals surface area contributed by atoms with Gasteiger partial charge < -0.3 is 10.1 Å². The zero-order valence-corrected chi connectivity index (χ0v) is 19.3. The van der Waals surface area contributed by atoms with Crippen molar-refractivity contribution in [3.8, 4) is 0 Å². The van der Waals surface area contributed by atoms with E-state index < -0.39 is 52.0 Å².